The molecule has 0 spiro atoms. The second-order valence-electron chi connectivity index (χ2n) is 7.11. The number of hydrogen-bond acceptors (Lipinski definition) is 5. The Labute approximate surface area is 218 Å². The van der Waals surface area contributed by atoms with Crippen LogP contribution in [0.2, 0.25) is 0 Å². The van der Waals surface area contributed by atoms with Gasteiger partial charge in [0.15, 0.2) is 0 Å². The van der Waals surface area contributed by atoms with Gasteiger partial charge in [-0.15, -0.1) is 0 Å². The molecule has 4 N–H and O–H groups in total. The van der Waals surface area contributed by atoms with E-state index in [0.717, 1.165) is 0 Å². The maximum atomic E-state index is 12.4. The maximum Gasteiger partial charge on any atom is 0.294 e. The molecule has 0 aromatic heterocycles. The molecule has 0 amide bonds. The average molecular weight is 716 g/mol. The monoisotopic (exact) mass is 712 g/mol. The van der Waals surface area contributed by atoms with Crippen molar-refractivity contribution in [3.63, 3.8) is 0 Å². The lowest BCUT2D eigenvalue weighted by Crippen LogP contribution is -2.33. The number of aliphatic hydroxyl groups is 1. The van der Waals surface area contributed by atoms with Gasteiger partial charge in [-0.2, -0.15) is 8.42 Å². The zero-order chi connectivity index (χ0) is 24.2. The Bertz CT molecular complexity index is 1290. The zero-order valence-corrected chi connectivity index (χ0v) is 23.7. The van der Waals surface area contributed by atoms with Crippen LogP contribution in [0.25, 0.3) is 0 Å². The van der Waals surface area contributed by atoms with E-state index >= 15 is 0 Å². The van der Waals surface area contributed by atoms with Crippen LogP contribution in [-0.4, -0.2) is 28.3 Å². The van der Waals surface area contributed by atoms with Gasteiger partial charge >= 0.3 is 0 Å². The van der Waals surface area contributed by atoms with Crippen LogP contribution in [0.1, 0.15) is 27.8 Å². The molecule has 11 heteroatoms. The summed E-state index contributed by atoms with van der Waals surface area (Å²) in [6.07, 6.45) is 0. The molecule has 0 bridgehead atoms. The van der Waals surface area contributed by atoms with Crippen LogP contribution in [0.5, 0.6) is 11.5 Å². The third kappa shape index (κ3) is 4.17. The maximum absolute atomic E-state index is 12.4. The molecule has 170 valence electrons. The standard InChI is InChI=1S/C21H16Br4O6S/c1-9-7-12(22)19(26)17(24)15(9)21(28,11-5-3-4-6-14(11)32(29,30)31)16-10(2)8-13(23)20(27)18(16)25/h3-8,26-28H,1-2H3,(H,29,30,31). The highest BCUT2D eigenvalue weighted by molar-refractivity contribution is 9.11. The topological polar surface area (TPSA) is 115 Å². The number of rotatable bonds is 4. The summed E-state index contributed by atoms with van der Waals surface area (Å²) in [5.74, 6) is -0.438. The molecule has 32 heavy (non-hydrogen) atoms. The number of aryl methyl sites for hydroxylation is 2. The van der Waals surface area contributed by atoms with Crippen LogP contribution >= 0.6 is 63.7 Å². The number of benzene rings is 3. The molecule has 0 fully saturated rings. The SMILES string of the molecule is Cc1cc(Br)c(O)c(Br)c1C(O)(c1ccccc1S(=O)(=O)O)c1c(C)cc(Br)c(O)c1Br. The molecule has 0 aliphatic heterocycles. The molecule has 3 rings (SSSR count). The summed E-state index contributed by atoms with van der Waals surface area (Å²) >= 11 is 13.2. The van der Waals surface area contributed by atoms with Crippen LogP contribution in [0.4, 0.5) is 0 Å². The highest BCUT2D eigenvalue weighted by atomic mass is 79.9. The van der Waals surface area contributed by atoms with Crippen molar-refractivity contribution in [1.82, 2.24) is 0 Å². The summed E-state index contributed by atoms with van der Waals surface area (Å²) in [7, 11) is -4.75. The molecular weight excluding hydrogens is 700 g/mol. The summed E-state index contributed by atoms with van der Waals surface area (Å²) < 4.78 is 35.3. The minimum Gasteiger partial charge on any atom is -0.506 e. The first kappa shape index (κ1) is 25.7. The van der Waals surface area contributed by atoms with Crippen molar-refractivity contribution in [2.45, 2.75) is 24.3 Å². The molecule has 0 unspecified atom stereocenters. The van der Waals surface area contributed by atoms with E-state index in [1.807, 2.05) is 0 Å². The fourth-order valence-electron chi connectivity index (χ4n) is 3.73. The highest BCUT2D eigenvalue weighted by Gasteiger charge is 2.44. The van der Waals surface area contributed by atoms with Crippen molar-refractivity contribution in [3.8, 4) is 11.5 Å². The van der Waals surface area contributed by atoms with E-state index < -0.39 is 20.6 Å². The van der Waals surface area contributed by atoms with Crippen LogP contribution in [-0.2, 0) is 15.7 Å². The molecule has 0 heterocycles. The summed E-state index contributed by atoms with van der Waals surface area (Å²) in [6, 6.07) is 8.59. The van der Waals surface area contributed by atoms with Crippen LogP contribution in [0.3, 0.4) is 0 Å². The largest absolute Gasteiger partial charge is 0.506 e. The van der Waals surface area contributed by atoms with E-state index in [0.29, 0.717) is 20.1 Å². The van der Waals surface area contributed by atoms with Crippen molar-refractivity contribution < 1.29 is 28.3 Å². The quantitative estimate of drug-likeness (QED) is 0.187. The van der Waals surface area contributed by atoms with Gasteiger partial charge in [0.25, 0.3) is 10.1 Å². The first-order valence-electron chi connectivity index (χ1n) is 8.88. The molecule has 0 radical (unpaired) electrons. The zero-order valence-electron chi connectivity index (χ0n) is 16.5. The van der Waals surface area contributed by atoms with Crippen LogP contribution in [0, 0.1) is 13.8 Å². The van der Waals surface area contributed by atoms with Crippen molar-refractivity contribution >= 4 is 73.8 Å². The van der Waals surface area contributed by atoms with Gasteiger partial charge in [-0.1, -0.05) is 18.2 Å². The van der Waals surface area contributed by atoms with Crippen LogP contribution in [0.15, 0.2) is 59.2 Å². The number of hydrogen-bond donors (Lipinski definition) is 4. The minimum atomic E-state index is -4.75. The summed E-state index contributed by atoms with van der Waals surface area (Å²) in [4.78, 5) is -0.523. The first-order chi connectivity index (χ1) is 14.7. The Morgan fingerprint density at radius 2 is 1.22 bits per heavy atom. The fourth-order valence-corrected chi connectivity index (χ4v) is 7.71. The second kappa shape index (κ2) is 9.01. The van der Waals surface area contributed by atoms with Gasteiger partial charge in [0, 0.05) is 16.7 Å². The molecule has 0 aliphatic carbocycles. The molecule has 0 atom stereocenters. The number of phenols is 2. The molecule has 0 aliphatic rings. The van der Waals surface area contributed by atoms with E-state index in [1.54, 1.807) is 26.0 Å². The summed E-state index contributed by atoms with van der Waals surface area (Å²) in [5.41, 5.74) is -1.18. The van der Waals surface area contributed by atoms with E-state index in [9.17, 15) is 28.3 Å². The Morgan fingerprint density at radius 3 is 1.62 bits per heavy atom. The van der Waals surface area contributed by atoms with Crippen molar-refractivity contribution in [1.29, 1.82) is 0 Å². The Kier molecular flexibility index (Phi) is 7.23. The average Bonchev–Trinajstić information content (AvgIpc) is 2.69. The Morgan fingerprint density at radius 1 is 0.812 bits per heavy atom. The summed E-state index contributed by atoms with van der Waals surface area (Å²) in [5, 5.41) is 33.6. The lowest BCUT2D eigenvalue weighted by atomic mass is 9.76. The van der Waals surface area contributed by atoms with Gasteiger partial charge in [0.05, 0.1) is 17.9 Å². The number of halogens is 4. The number of aromatic hydroxyl groups is 2. The summed E-state index contributed by atoms with van der Waals surface area (Å²) in [6.45, 7) is 3.35. The second-order valence-corrected chi connectivity index (χ2v) is 11.8. The van der Waals surface area contributed by atoms with E-state index in [-0.39, 0.29) is 37.1 Å². The molecule has 3 aromatic rings. The molecule has 0 saturated carbocycles. The Balaban J connectivity index is 2.65. The first-order valence-corrected chi connectivity index (χ1v) is 13.5. The van der Waals surface area contributed by atoms with Crippen molar-refractivity contribution in [2.75, 3.05) is 0 Å². The number of phenolic OH excluding ortho intramolecular Hbond substituents is 2. The molecular formula is C21H16Br4O6S. The van der Waals surface area contributed by atoms with Gasteiger partial charge < -0.3 is 15.3 Å². The van der Waals surface area contributed by atoms with E-state index in [4.69, 9.17) is 0 Å². The third-order valence-electron chi connectivity index (χ3n) is 5.06. The van der Waals surface area contributed by atoms with E-state index in [2.05, 4.69) is 63.7 Å². The van der Waals surface area contributed by atoms with Gasteiger partial charge in [0.1, 0.15) is 22.0 Å². The predicted octanol–water partition coefficient (Wildman–Crippen LogP) is 6.30. The van der Waals surface area contributed by atoms with Crippen molar-refractivity contribution in [2.24, 2.45) is 0 Å². The van der Waals surface area contributed by atoms with E-state index in [1.165, 1.54) is 24.3 Å². The van der Waals surface area contributed by atoms with Gasteiger partial charge in [-0.25, -0.2) is 0 Å². The van der Waals surface area contributed by atoms with Crippen molar-refractivity contribution in [3.05, 3.63) is 82.1 Å². The fraction of sp³-hybridized carbons (Fsp3) is 0.143. The van der Waals surface area contributed by atoms with Crippen LogP contribution < -0.4 is 0 Å². The molecule has 0 saturated heterocycles. The van der Waals surface area contributed by atoms with Gasteiger partial charge in [0.2, 0.25) is 0 Å². The predicted molar refractivity (Wildman–Crippen MR) is 135 cm³/mol. The highest BCUT2D eigenvalue weighted by Crippen LogP contribution is 2.52. The normalized spacial score (nSPS) is 12.2. The Hall–Kier alpha value is -0.950. The lowest BCUT2D eigenvalue weighted by Gasteiger charge is -2.36. The smallest absolute Gasteiger partial charge is 0.294 e. The molecule has 3 aromatic carbocycles. The molecule has 6 nitrogen and oxygen atoms in total. The van der Waals surface area contributed by atoms with Gasteiger partial charge in [-0.05, 0) is 107 Å². The minimum absolute atomic E-state index is 0.103. The lowest BCUT2D eigenvalue weighted by molar-refractivity contribution is 0.118. The van der Waals surface area contributed by atoms with Gasteiger partial charge in [-0.3, -0.25) is 4.55 Å². The third-order valence-corrected chi connectivity index (χ3v) is 8.73.